The van der Waals surface area contributed by atoms with E-state index in [9.17, 15) is 22.8 Å². The minimum atomic E-state index is -3.91. The van der Waals surface area contributed by atoms with Crippen LogP contribution in [0.25, 0.3) is 6.08 Å². The van der Waals surface area contributed by atoms with Crippen LogP contribution in [-0.4, -0.2) is 80.9 Å². The van der Waals surface area contributed by atoms with Gasteiger partial charge in [-0.1, -0.05) is 11.6 Å². The van der Waals surface area contributed by atoms with Gasteiger partial charge >= 0.3 is 0 Å². The van der Waals surface area contributed by atoms with Crippen molar-refractivity contribution < 1.29 is 32.3 Å². The van der Waals surface area contributed by atoms with E-state index in [2.05, 4.69) is 10.0 Å². The Morgan fingerprint density at radius 1 is 1.07 bits per heavy atom. The number of amides is 3. The second-order valence-electron chi connectivity index (χ2n) is 9.65. The number of rotatable bonds is 8. The smallest absolute Gasteiger partial charge is 0.247 e. The van der Waals surface area contributed by atoms with Crippen molar-refractivity contribution in [2.75, 3.05) is 38.2 Å². The van der Waals surface area contributed by atoms with E-state index in [0.717, 1.165) is 5.41 Å². The zero-order valence-electron chi connectivity index (χ0n) is 21.5. The lowest BCUT2D eigenvalue weighted by atomic mass is 10.1. The van der Waals surface area contributed by atoms with Crippen LogP contribution in [0.5, 0.6) is 11.5 Å². The van der Waals surface area contributed by atoms with Gasteiger partial charge in [0.2, 0.25) is 27.7 Å². The Kier molecular flexibility index (Phi) is 8.64. The summed E-state index contributed by atoms with van der Waals surface area (Å²) in [6.45, 7) is 1.39. The van der Waals surface area contributed by atoms with E-state index in [-0.39, 0.29) is 18.4 Å². The second kappa shape index (κ2) is 12.2. The summed E-state index contributed by atoms with van der Waals surface area (Å²) in [7, 11) is -3.91. The number of fused-ring (bicyclic) bond motifs is 1. The second-order valence-corrected chi connectivity index (χ2v) is 13.0. The molecule has 5 rings (SSSR count). The molecule has 214 valence electrons. The van der Waals surface area contributed by atoms with E-state index < -0.39 is 28.0 Å². The number of nitrogens with one attached hydrogen (secondary N) is 2. The number of halogens is 1. The lowest BCUT2D eigenvalue weighted by Gasteiger charge is -2.33. The number of piperidine rings is 1. The number of ether oxygens (including phenoxy) is 2. The molecule has 3 amide bonds. The summed E-state index contributed by atoms with van der Waals surface area (Å²) >= 11 is 7.12. The number of carbonyl (C=O) groups is 3. The Morgan fingerprint density at radius 2 is 1.85 bits per heavy atom. The van der Waals surface area contributed by atoms with Gasteiger partial charge < -0.3 is 24.6 Å². The fourth-order valence-electron chi connectivity index (χ4n) is 4.96. The number of likely N-dealkylation sites (tertiary alicyclic amines) is 2. The summed E-state index contributed by atoms with van der Waals surface area (Å²) in [6, 6.07) is 6.83. The van der Waals surface area contributed by atoms with Gasteiger partial charge in [0.25, 0.3) is 0 Å². The molecule has 2 atom stereocenters. The summed E-state index contributed by atoms with van der Waals surface area (Å²) in [5.41, 5.74) is 0.533. The molecule has 0 spiro atoms. The number of nitrogens with zero attached hydrogens (tertiary/aromatic N) is 2. The first kappa shape index (κ1) is 28.4. The molecule has 3 aliphatic rings. The molecule has 0 aliphatic carbocycles. The summed E-state index contributed by atoms with van der Waals surface area (Å²) < 4.78 is 39.2. The molecule has 0 radical (unpaired) electrons. The van der Waals surface area contributed by atoms with E-state index in [1.807, 2.05) is 0 Å². The maximum atomic E-state index is 13.2. The molecule has 4 heterocycles. The van der Waals surface area contributed by atoms with Gasteiger partial charge in [-0.05, 0) is 56.0 Å². The van der Waals surface area contributed by atoms with Gasteiger partial charge in [-0.2, -0.15) is 4.72 Å². The summed E-state index contributed by atoms with van der Waals surface area (Å²) in [4.78, 5) is 42.9. The van der Waals surface area contributed by atoms with Crippen LogP contribution in [0.2, 0.25) is 4.34 Å². The van der Waals surface area contributed by atoms with Crippen molar-refractivity contribution in [2.45, 2.75) is 37.8 Å². The highest BCUT2D eigenvalue weighted by atomic mass is 35.5. The van der Waals surface area contributed by atoms with Gasteiger partial charge in [0.1, 0.15) is 25.3 Å². The number of sulfonamides is 1. The SMILES string of the molecule is O=C(Nc1ccc2c(c1)OCCO2)[C@@H]1CCCN1C(=O)CN1CCC[C@H](NS(=O)(=O)C=Cc2ccc(Cl)s2)C1=O. The molecular formula is C26H29ClN4O7S2. The molecule has 1 aromatic carbocycles. The van der Waals surface area contributed by atoms with E-state index in [1.165, 1.54) is 27.2 Å². The molecule has 11 nitrogen and oxygen atoms in total. The van der Waals surface area contributed by atoms with Gasteiger partial charge in [-0.3, -0.25) is 14.4 Å². The van der Waals surface area contributed by atoms with E-state index in [4.69, 9.17) is 21.1 Å². The van der Waals surface area contributed by atoms with Gasteiger partial charge in [0.15, 0.2) is 11.5 Å². The van der Waals surface area contributed by atoms with E-state index >= 15 is 0 Å². The van der Waals surface area contributed by atoms with Crippen molar-refractivity contribution in [1.29, 1.82) is 0 Å². The van der Waals surface area contributed by atoms with Crippen molar-refractivity contribution >= 4 is 62.4 Å². The van der Waals surface area contributed by atoms with Gasteiger partial charge in [0, 0.05) is 35.1 Å². The van der Waals surface area contributed by atoms with Crippen LogP contribution in [0.3, 0.4) is 0 Å². The molecule has 0 bridgehead atoms. The fourth-order valence-corrected chi connectivity index (χ4v) is 7.03. The number of hydrogen-bond acceptors (Lipinski definition) is 8. The molecule has 2 fully saturated rings. The van der Waals surface area contributed by atoms with Gasteiger partial charge in [0.05, 0.1) is 10.9 Å². The molecule has 14 heteroatoms. The predicted octanol–water partition coefficient (Wildman–Crippen LogP) is 2.68. The van der Waals surface area contributed by atoms with Crippen molar-refractivity contribution in [1.82, 2.24) is 14.5 Å². The maximum Gasteiger partial charge on any atom is 0.247 e. The normalized spacial score (nSPS) is 21.2. The third kappa shape index (κ3) is 6.77. The van der Waals surface area contributed by atoms with Crippen LogP contribution in [-0.2, 0) is 24.4 Å². The number of carbonyl (C=O) groups excluding carboxylic acids is 3. The summed E-state index contributed by atoms with van der Waals surface area (Å²) in [5, 5.41) is 3.85. The fraction of sp³-hybridized carbons (Fsp3) is 0.423. The van der Waals surface area contributed by atoms with Crippen molar-refractivity contribution in [3.05, 3.63) is 45.0 Å². The number of hydrogen-bond donors (Lipinski definition) is 2. The maximum absolute atomic E-state index is 13.2. The predicted molar refractivity (Wildman–Crippen MR) is 151 cm³/mol. The Hall–Kier alpha value is -3.13. The molecule has 40 heavy (non-hydrogen) atoms. The van der Waals surface area contributed by atoms with Crippen LogP contribution in [0.15, 0.2) is 35.7 Å². The quantitative estimate of drug-likeness (QED) is 0.471. The molecule has 0 unspecified atom stereocenters. The Bertz CT molecular complexity index is 1430. The molecule has 2 saturated heterocycles. The topological polar surface area (TPSA) is 134 Å². The average molecular weight is 609 g/mol. The van der Waals surface area contributed by atoms with Crippen LogP contribution in [0.4, 0.5) is 5.69 Å². The number of anilines is 1. The Balaban J connectivity index is 1.18. The van der Waals surface area contributed by atoms with E-state index in [1.54, 1.807) is 30.3 Å². The first-order valence-corrected chi connectivity index (χ1v) is 15.7. The van der Waals surface area contributed by atoms with Crippen LogP contribution in [0, 0.1) is 0 Å². The minimum Gasteiger partial charge on any atom is -0.486 e. The number of benzene rings is 1. The molecule has 3 aliphatic heterocycles. The zero-order chi connectivity index (χ0) is 28.3. The molecular weight excluding hydrogens is 580 g/mol. The first-order valence-electron chi connectivity index (χ1n) is 12.9. The molecule has 2 aromatic rings. The standard InChI is InChI=1S/C26H29ClN4O7S2/c27-23-8-6-18(39-23)9-14-40(35,36)29-19-3-1-10-30(26(19)34)16-24(32)31-11-2-4-20(31)25(33)28-17-5-7-21-22(15-17)38-13-12-37-21/h5-9,14-15,19-20,29H,1-4,10-13,16H2,(H,28,33)/t19-,20-/m0/s1. The summed E-state index contributed by atoms with van der Waals surface area (Å²) in [5.74, 6) is 0.0103. The highest BCUT2D eigenvalue weighted by Crippen LogP contribution is 2.33. The van der Waals surface area contributed by atoms with Crippen molar-refractivity contribution in [3.63, 3.8) is 0 Å². The molecule has 0 saturated carbocycles. The van der Waals surface area contributed by atoms with Crippen molar-refractivity contribution in [2.24, 2.45) is 0 Å². The largest absolute Gasteiger partial charge is 0.486 e. The Morgan fingerprint density at radius 3 is 2.62 bits per heavy atom. The highest BCUT2D eigenvalue weighted by Gasteiger charge is 2.37. The Labute approximate surface area is 241 Å². The average Bonchev–Trinajstić information content (AvgIpc) is 3.59. The highest BCUT2D eigenvalue weighted by molar-refractivity contribution is 7.92. The lowest BCUT2D eigenvalue weighted by molar-refractivity contribution is -0.144. The van der Waals surface area contributed by atoms with Crippen LogP contribution in [0.1, 0.15) is 30.6 Å². The zero-order valence-corrected chi connectivity index (χ0v) is 23.9. The van der Waals surface area contributed by atoms with Crippen LogP contribution >= 0.6 is 22.9 Å². The van der Waals surface area contributed by atoms with Gasteiger partial charge in [-0.25, -0.2) is 8.42 Å². The monoisotopic (exact) mass is 608 g/mol. The minimum absolute atomic E-state index is 0.228. The van der Waals surface area contributed by atoms with Crippen LogP contribution < -0.4 is 19.5 Å². The van der Waals surface area contributed by atoms with Gasteiger partial charge in [-0.15, -0.1) is 11.3 Å². The third-order valence-electron chi connectivity index (χ3n) is 6.85. The summed E-state index contributed by atoms with van der Waals surface area (Å²) in [6.07, 6.45) is 3.43. The first-order chi connectivity index (χ1) is 19.2. The van der Waals surface area contributed by atoms with E-state index in [0.29, 0.717) is 78.4 Å². The van der Waals surface area contributed by atoms with Crippen molar-refractivity contribution in [3.8, 4) is 11.5 Å². The third-order valence-corrected chi connectivity index (χ3v) is 9.16. The molecule has 1 aromatic heterocycles. The molecule has 2 N–H and O–H groups in total. The lowest BCUT2D eigenvalue weighted by Crippen LogP contribution is -2.55. The number of thiophene rings is 1.